The van der Waals surface area contributed by atoms with E-state index in [0.717, 1.165) is 24.8 Å². The molecule has 0 saturated carbocycles. The van der Waals surface area contributed by atoms with Crippen LogP contribution in [0, 0.1) is 0 Å². The van der Waals surface area contributed by atoms with Gasteiger partial charge in [0.25, 0.3) is 0 Å². The van der Waals surface area contributed by atoms with Crippen molar-refractivity contribution in [3.63, 3.8) is 0 Å². The molecule has 6 nitrogen and oxygen atoms in total. The van der Waals surface area contributed by atoms with E-state index in [1.165, 1.54) is 17.1 Å². The van der Waals surface area contributed by atoms with Crippen molar-refractivity contribution in [2.75, 3.05) is 0 Å². The minimum atomic E-state index is 0.506. The molecular formula is C12H13N5O. The molecule has 0 spiro atoms. The van der Waals surface area contributed by atoms with Crippen molar-refractivity contribution in [3.8, 4) is 5.82 Å². The quantitative estimate of drug-likeness (QED) is 0.594. The minimum absolute atomic E-state index is 0.506. The third kappa shape index (κ3) is 2.67. The lowest BCUT2D eigenvalue weighted by atomic mass is 10.1. The van der Waals surface area contributed by atoms with E-state index >= 15 is 0 Å². The summed E-state index contributed by atoms with van der Waals surface area (Å²) in [6, 6.07) is 1.83. The molecule has 2 rings (SSSR count). The number of nitrogens with zero attached hydrogens (tertiary/aromatic N) is 5. The van der Waals surface area contributed by atoms with Crippen molar-refractivity contribution in [3.05, 3.63) is 30.2 Å². The maximum absolute atomic E-state index is 10.3. The summed E-state index contributed by atoms with van der Waals surface area (Å²) in [6.45, 7) is 2.12. The number of hydrogen-bond acceptors (Lipinski definition) is 5. The van der Waals surface area contributed by atoms with E-state index in [9.17, 15) is 4.79 Å². The van der Waals surface area contributed by atoms with E-state index in [-0.39, 0.29) is 0 Å². The van der Waals surface area contributed by atoms with Crippen LogP contribution in [0.25, 0.3) is 5.82 Å². The summed E-state index contributed by atoms with van der Waals surface area (Å²) in [5, 5.41) is 8.13. The minimum Gasteiger partial charge on any atom is -0.233 e. The van der Waals surface area contributed by atoms with Gasteiger partial charge in [0.05, 0.1) is 24.3 Å². The van der Waals surface area contributed by atoms with E-state index in [4.69, 9.17) is 0 Å². The van der Waals surface area contributed by atoms with Gasteiger partial charge in [-0.3, -0.25) is 0 Å². The smallest absolute Gasteiger partial charge is 0.233 e. The summed E-state index contributed by atoms with van der Waals surface area (Å²) in [5.41, 5.74) is 1.48. The number of aromatic nitrogens is 4. The maximum Gasteiger partial charge on any atom is 0.240 e. The van der Waals surface area contributed by atoms with E-state index in [1.54, 1.807) is 12.4 Å². The van der Waals surface area contributed by atoms with Crippen LogP contribution in [0.2, 0.25) is 0 Å². The Morgan fingerprint density at radius 3 is 2.83 bits per heavy atom. The molecular weight excluding hydrogens is 230 g/mol. The molecule has 0 bridgehead atoms. The molecule has 0 aromatic carbocycles. The number of pyridine rings is 1. The first-order valence-electron chi connectivity index (χ1n) is 5.78. The fourth-order valence-corrected chi connectivity index (χ4v) is 1.66. The Hall–Kier alpha value is -2.33. The molecule has 2 heterocycles. The summed E-state index contributed by atoms with van der Waals surface area (Å²) in [6.07, 6.45) is 9.19. The van der Waals surface area contributed by atoms with Crippen molar-refractivity contribution in [2.24, 2.45) is 4.99 Å². The van der Waals surface area contributed by atoms with Gasteiger partial charge in [0.2, 0.25) is 6.08 Å². The Bertz CT molecular complexity index is 558. The molecule has 2 aromatic rings. The highest BCUT2D eigenvalue weighted by molar-refractivity contribution is 5.51. The Kier molecular flexibility index (Phi) is 3.94. The zero-order valence-electron chi connectivity index (χ0n) is 10.1. The van der Waals surface area contributed by atoms with Crippen LogP contribution in [0.4, 0.5) is 5.69 Å². The van der Waals surface area contributed by atoms with E-state index in [0.29, 0.717) is 11.5 Å². The second kappa shape index (κ2) is 5.84. The van der Waals surface area contributed by atoms with Crippen molar-refractivity contribution in [1.82, 2.24) is 20.0 Å². The van der Waals surface area contributed by atoms with Crippen LogP contribution in [-0.4, -0.2) is 26.1 Å². The van der Waals surface area contributed by atoms with Crippen molar-refractivity contribution < 1.29 is 4.79 Å². The first-order chi connectivity index (χ1) is 8.85. The summed E-state index contributed by atoms with van der Waals surface area (Å²) < 4.78 is 0. The van der Waals surface area contributed by atoms with E-state index in [2.05, 4.69) is 27.1 Å². The SMILES string of the molecule is CCCCc1cc(N=C=O)cnc1-n1nccn1. The third-order valence-corrected chi connectivity index (χ3v) is 2.51. The van der Waals surface area contributed by atoms with Gasteiger partial charge in [0.1, 0.15) is 0 Å². The lowest BCUT2D eigenvalue weighted by Crippen LogP contribution is -2.05. The Morgan fingerprint density at radius 1 is 1.39 bits per heavy atom. The molecule has 0 saturated heterocycles. The Morgan fingerprint density at radius 2 is 2.17 bits per heavy atom. The topological polar surface area (TPSA) is 73.0 Å². The van der Waals surface area contributed by atoms with Crippen LogP contribution < -0.4 is 0 Å². The van der Waals surface area contributed by atoms with Crippen LogP contribution >= 0.6 is 0 Å². The summed E-state index contributed by atoms with van der Waals surface area (Å²) >= 11 is 0. The summed E-state index contributed by atoms with van der Waals surface area (Å²) in [4.78, 5) is 19.6. The van der Waals surface area contributed by atoms with Gasteiger partial charge in [0.15, 0.2) is 5.82 Å². The fourth-order valence-electron chi connectivity index (χ4n) is 1.66. The molecule has 0 amide bonds. The highest BCUT2D eigenvalue weighted by atomic mass is 16.1. The highest BCUT2D eigenvalue weighted by Crippen LogP contribution is 2.19. The van der Waals surface area contributed by atoms with Crippen molar-refractivity contribution in [2.45, 2.75) is 26.2 Å². The molecule has 2 aromatic heterocycles. The van der Waals surface area contributed by atoms with E-state index in [1.807, 2.05) is 6.07 Å². The Labute approximate surface area is 104 Å². The average Bonchev–Trinajstić information content (AvgIpc) is 2.90. The molecule has 18 heavy (non-hydrogen) atoms. The lowest BCUT2D eigenvalue weighted by molar-refractivity contribution is 0.565. The number of isocyanates is 1. The zero-order valence-corrected chi connectivity index (χ0v) is 10.1. The highest BCUT2D eigenvalue weighted by Gasteiger charge is 2.08. The average molecular weight is 243 g/mol. The van der Waals surface area contributed by atoms with Crippen LogP contribution in [-0.2, 0) is 11.2 Å². The van der Waals surface area contributed by atoms with Crippen LogP contribution in [0.5, 0.6) is 0 Å². The predicted molar refractivity (Wildman–Crippen MR) is 65.5 cm³/mol. The largest absolute Gasteiger partial charge is 0.240 e. The fraction of sp³-hybridized carbons (Fsp3) is 0.333. The second-order valence-electron chi connectivity index (χ2n) is 3.80. The zero-order chi connectivity index (χ0) is 12.8. The molecule has 0 atom stereocenters. The molecule has 0 aliphatic carbocycles. The van der Waals surface area contributed by atoms with Gasteiger partial charge in [-0.05, 0) is 18.9 Å². The molecule has 0 fully saturated rings. The third-order valence-electron chi connectivity index (χ3n) is 2.51. The molecule has 0 unspecified atom stereocenters. The van der Waals surface area contributed by atoms with Crippen LogP contribution in [0.3, 0.4) is 0 Å². The standard InChI is InChI=1S/C12H13N5O/c1-2-3-4-10-7-11(14-9-18)8-13-12(10)17-15-5-6-16-17/h5-8H,2-4H2,1H3. The number of carbonyl (C=O) groups excluding carboxylic acids is 1. The van der Waals surface area contributed by atoms with Crippen molar-refractivity contribution >= 4 is 11.8 Å². The first-order valence-corrected chi connectivity index (χ1v) is 5.78. The van der Waals surface area contributed by atoms with Gasteiger partial charge in [0, 0.05) is 5.56 Å². The molecule has 0 aliphatic heterocycles. The van der Waals surface area contributed by atoms with Gasteiger partial charge >= 0.3 is 0 Å². The normalized spacial score (nSPS) is 10.1. The number of aliphatic imine (C=N–C) groups is 1. The van der Waals surface area contributed by atoms with Gasteiger partial charge in [-0.2, -0.15) is 15.2 Å². The lowest BCUT2D eigenvalue weighted by Gasteiger charge is -2.07. The number of rotatable bonds is 5. The van der Waals surface area contributed by atoms with E-state index < -0.39 is 0 Å². The second-order valence-corrected chi connectivity index (χ2v) is 3.80. The first kappa shape index (κ1) is 12.1. The molecule has 6 heteroatoms. The molecule has 0 radical (unpaired) electrons. The van der Waals surface area contributed by atoms with Gasteiger partial charge < -0.3 is 0 Å². The molecule has 0 N–H and O–H groups in total. The summed E-state index contributed by atoms with van der Waals surface area (Å²) in [5.74, 6) is 0.679. The Balaban J connectivity index is 2.41. The number of aryl methyl sites for hydroxylation is 1. The van der Waals surface area contributed by atoms with Crippen LogP contribution in [0.1, 0.15) is 25.3 Å². The van der Waals surface area contributed by atoms with Crippen LogP contribution in [0.15, 0.2) is 29.6 Å². The number of unbranched alkanes of at least 4 members (excludes halogenated alkanes) is 1. The summed E-state index contributed by atoms with van der Waals surface area (Å²) in [7, 11) is 0. The van der Waals surface area contributed by atoms with Gasteiger partial charge in [-0.25, -0.2) is 9.78 Å². The predicted octanol–water partition coefficient (Wildman–Crippen LogP) is 1.97. The van der Waals surface area contributed by atoms with Gasteiger partial charge in [-0.15, -0.1) is 4.80 Å². The number of hydrogen-bond donors (Lipinski definition) is 0. The maximum atomic E-state index is 10.3. The van der Waals surface area contributed by atoms with Gasteiger partial charge in [-0.1, -0.05) is 13.3 Å². The van der Waals surface area contributed by atoms with Crippen molar-refractivity contribution in [1.29, 1.82) is 0 Å². The monoisotopic (exact) mass is 243 g/mol. The molecule has 92 valence electrons. The molecule has 0 aliphatic rings.